The first kappa shape index (κ1) is 9.70. The zero-order valence-corrected chi connectivity index (χ0v) is 7.22. The van der Waals surface area contributed by atoms with Crippen LogP contribution in [0.4, 0.5) is 0 Å². The maximum atomic E-state index is 9.38. The maximum Gasteiger partial charge on any atom is 0.0747 e. The van der Waals surface area contributed by atoms with Crippen molar-refractivity contribution >= 4 is 0 Å². The van der Waals surface area contributed by atoms with Crippen molar-refractivity contribution in [3.05, 3.63) is 11.6 Å². The molecule has 0 fully saturated rings. The summed E-state index contributed by atoms with van der Waals surface area (Å²) in [5, 5.41) is 9.38. The molecule has 0 bridgehead atoms. The lowest BCUT2D eigenvalue weighted by atomic mass is 10.1. The fourth-order valence-corrected chi connectivity index (χ4v) is 0.959. The molecule has 0 aromatic carbocycles. The van der Waals surface area contributed by atoms with Crippen LogP contribution in [0.1, 0.15) is 40.0 Å². The SMILES string of the molecule is CC/C=C(\C)C(O)CCC. The molecule has 60 valence electrons. The summed E-state index contributed by atoms with van der Waals surface area (Å²) >= 11 is 0. The minimum absolute atomic E-state index is 0.204. The Morgan fingerprint density at radius 3 is 2.50 bits per heavy atom. The van der Waals surface area contributed by atoms with Crippen molar-refractivity contribution in [1.29, 1.82) is 0 Å². The van der Waals surface area contributed by atoms with Gasteiger partial charge in [-0.2, -0.15) is 0 Å². The fraction of sp³-hybridized carbons (Fsp3) is 0.778. The summed E-state index contributed by atoms with van der Waals surface area (Å²) in [6, 6.07) is 0. The Labute approximate surface area is 63.8 Å². The minimum Gasteiger partial charge on any atom is -0.389 e. The molecule has 0 aromatic rings. The molecule has 0 aliphatic rings. The predicted octanol–water partition coefficient (Wildman–Crippen LogP) is 2.50. The molecule has 1 N–H and O–H groups in total. The van der Waals surface area contributed by atoms with Crippen LogP contribution in [0.15, 0.2) is 11.6 Å². The molecule has 1 unspecified atom stereocenters. The van der Waals surface area contributed by atoms with Crippen molar-refractivity contribution in [2.45, 2.75) is 46.1 Å². The number of aliphatic hydroxyl groups is 1. The van der Waals surface area contributed by atoms with E-state index in [1.807, 2.05) is 6.92 Å². The largest absolute Gasteiger partial charge is 0.389 e. The molecule has 0 amide bonds. The van der Waals surface area contributed by atoms with Crippen LogP contribution < -0.4 is 0 Å². The van der Waals surface area contributed by atoms with Gasteiger partial charge in [0.15, 0.2) is 0 Å². The van der Waals surface area contributed by atoms with Crippen LogP contribution >= 0.6 is 0 Å². The first-order chi connectivity index (χ1) is 4.72. The predicted molar refractivity (Wildman–Crippen MR) is 45.0 cm³/mol. The van der Waals surface area contributed by atoms with Crippen molar-refractivity contribution in [3.8, 4) is 0 Å². The van der Waals surface area contributed by atoms with E-state index in [1.165, 1.54) is 0 Å². The quantitative estimate of drug-likeness (QED) is 0.598. The fourth-order valence-electron chi connectivity index (χ4n) is 0.959. The second kappa shape index (κ2) is 5.48. The molecule has 0 aliphatic carbocycles. The topological polar surface area (TPSA) is 20.2 Å². The monoisotopic (exact) mass is 142 g/mol. The maximum absolute atomic E-state index is 9.38. The highest BCUT2D eigenvalue weighted by atomic mass is 16.3. The molecular formula is C9H18O. The van der Waals surface area contributed by atoms with E-state index in [0.717, 1.165) is 24.8 Å². The van der Waals surface area contributed by atoms with Crippen LogP contribution in [0.25, 0.3) is 0 Å². The van der Waals surface area contributed by atoms with Gasteiger partial charge < -0.3 is 5.11 Å². The molecule has 0 saturated heterocycles. The van der Waals surface area contributed by atoms with Crippen LogP contribution in [0.3, 0.4) is 0 Å². The zero-order chi connectivity index (χ0) is 7.98. The Bertz CT molecular complexity index is 105. The van der Waals surface area contributed by atoms with Crippen LogP contribution in [0.5, 0.6) is 0 Å². The summed E-state index contributed by atoms with van der Waals surface area (Å²) in [5.74, 6) is 0. The summed E-state index contributed by atoms with van der Waals surface area (Å²) in [4.78, 5) is 0. The third-order valence-electron chi connectivity index (χ3n) is 1.61. The lowest BCUT2D eigenvalue weighted by Gasteiger charge is -2.08. The molecule has 1 atom stereocenters. The summed E-state index contributed by atoms with van der Waals surface area (Å²) in [7, 11) is 0. The smallest absolute Gasteiger partial charge is 0.0747 e. The van der Waals surface area contributed by atoms with Gasteiger partial charge in [0.25, 0.3) is 0 Å². The highest BCUT2D eigenvalue weighted by molar-refractivity contribution is 5.03. The number of rotatable bonds is 4. The highest BCUT2D eigenvalue weighted by Gasteiger charge is 2.02. The Balaban J connectivity index is 3.69. The molecular weight excluding hydrogens is 124 g/mol. The lowest BCUT2D eigenvalue weighted by Crippen LogP contribution is -2.06. The molecule has 0 spiro atoms. The normalized spacial score (nSPS) is 15.4. The second-order valence-electron chi connectivity index (χ2n) is 2.66. The van der Waals surface area contributed by atoms with E-state index < -0.39 is 0 Å². The summed E-state index contributed by atoms with van der Waals surface area (Å²) in [6.07, 6.45) is 4.84. The van der Waals surface area contributed by atoms with E-state index in [4.69, 9.17) is 0 Å². The number of aliphatic hydroxyl groups excluding tert-OH is 1. The standard InChI is InChI=1S/C9H18O/c1-4-6-8(3)9(10)7-5-2/h6,9-10H,4-5,7H2,1-3H3/b8-6+. The van der Waals surface area contributed by atoms with Crippen molar-refractivity contribution in [1.82, 2.24) is 0 Å². The van der Waals surface area contributed by atoms with Gasteiger partial charge in [-0.25, -0.2) is 0 Å². The van der Waals surface area contributed by atoms with E-state index in [0.29, 0.717) is 0 Å². The van der Waals surface area contributed by atoms with Gasteiger partial charge in [0, 0.05) is 0 Å². The van der Waals surface area contributed by atoms with Crippen LogP contribution in [-0.2, 0) is 0 Å². The number of allylic oxidation sites excluding steroid dienone is 1. The van der Waals surface area contributed by atoms with Gasteiger partial charge in [0.1, 0.15) is 0 Å². The first-order valence-electron chi connectivity index (χ1n) is 4.07. The first-order valence-corrected chi connectivity index (χ1v) is 4.07. The third-order valence-corrected chi connectivity index (χ3v) is 1.61. The van der Waals surface area contributed by atoms with Gasteiger partial charge >= 0.3 is 0 Å². The Kier molecular flexibility index (Phi) is 5.32. The van der Waals surface area contributed by atoms with Crippen molar-refractivity contribution in [3.63, 3.8) is 0 Å². The van der Waals surface area contributed by atoms with Gasteiger partial charge in [0.2, 0.25) is 0 Å². The molecule has 0 heterocycles. The van der Waals surface area contributed by atoms with Crippen LogP contribution in [0.2, 0.25) is 0 Å². The molecule has 0 aliphatic heterocycles. The van der Waals surface area contributed by atoms with E-state index in [9.17, 15) is 5.11 Å². The van der Waals surface area contributed by atoms with Crippen molar-refractivity contribution in [2.75, 3.05) is 0 Å². The van der Waals surface area contributed by atoms with Gasteiger partial charge in [-0.15, -0.1) is 0 Å². The molecule has 0 aromatic heterocycles. The van der Waals surface area contributed by atoms with E-state index >= 15 is 0 Å². The zero-order valence-electron chi connectivity index (χ0n) is 7.22. The molecule has 10 heavy (non-hydrogen) atoms. The molecule has 0 rings (SSSR count). The van der Waals surface area contributed by atoms with E-state index in [2.05, 4.69) is 19.9 Å². The highest BCUT2D eigenvalue weighted by Crippen LogP contribution is 2.07. The summed E-state index contributed by atoms with van der Waals surface area (Å²) in [5.41, 5.74) is 1.12. The molecule has 1 heteroatoms. The van der Waals surface area contributed by atoms with Crippen LogP contribution in [0, 0.1) is 0 Å². The number of hydrogen-bond acceptors (Lipinski definition) is 1. The van der Waals surface area contributed by atoms with E-state index in [1.54, 1.807) is 0 Å². The van der Waals surface area contributed by atoms with Gasteiger partial charge in [-0.3, -0.25) is 0 Å². The summed E-state index contributed by atoms with van der Waals surface area (Å²) < 4.78 is 0. The lowest BCUT2D eigenvalue weighted by molar-refractivity contribution is 0.199. The van der Waals surface area contributed by atoms with Crippen molar-refractivity contribution in [2.24, 2.45) is 0 Å². The minimum atomic E-state index is -0.204. The molecule has 0 saturated carbocycles. The van der Waals surface area contributed by atoms with Gasteiger partial charge in [0.05, 0.1) is 6.10 Å². The number of hydrogen-bond donors (Lipinski definition) is 1. The molecule has 1 nitrogen and oxygen atoms in total. The van der Waals surface area contributed by atoms with Gasteiger partial charge in [-0.05, 0) is 25.3 Å². The van der Waals surface area contributed by atoms with E-state index in [-0.39, 0.29) is 6.10 Å². The van der Waals surface area contributed by atoms with Gasteiger partial charge in [-0.1, -0.05) is 26.3 Å². The van der Waals surface area contributed by atoms with Crippen molar-refractivity contribution < 1.29 is 5.11 Å². The Morgan fingerprint density at radius 1 is 1.50 bits per heavy atom. The third kappa shape index (κ3) is 3.67. The second-order valence-corrected chi connectivity index (χ2v) is 2.66. The van der Waals surface area contributed by atoms with Crippen LogP contribution in [-0.4, -0.2) is 11.2 Å². The molecule has 0 radical (unpaired) electrons. The summed E-state index contributed by atoms with van der Waals surface area (Å²) in [6.45, 7) is 6.16. The average molecular weight is 142 g/mol. The Hall–Kier alpha value is -0.300. The Morgan fingerprint density at radius 2 is 2.10 bits per heavy atom. The average Bonchev–Trinajstić information content (AvgIpc) is 1.89.